The maximum Gasteiger partial charge on any atom is 0.0662 e. The van der Waals surface area contributed by atoms with Gasteiger partial charge < -0.3 is 20.4 Å². The molecular weight excluding hydrogens is 184 g/mol. The van der Waals surface area contributed by atoms with Crippen molar-refractivity contribution in [3.63, 3.8) is 0 Å². The Morgan fingerprint density at radius 3 is 0.786 bits per heavy atom. The highest BCUT2D eigenvalue weighted by Crippen LogP contribution is 2.15. The standard InChI is InChI=1S/C6H12.C2H6O2.2CH4O/c1-2-4-6-5-3-1;3-1-2-4;2*1-2/h1-6H2;3-4H,1-2H2;2*2H,1H3. The molecular formula is C10H26O4. The Morgan fingerprint density at radius 2 is 0.714 bits per heavy atom. The summed E-state index contributed by atoms with van der Waals surface area (Å²) in [5, 5.41) is 29.2. The summed E-state index contributed by atoms with van der Waals surface area (Å²) < 4.78 is 0. The predicted molar refractivity (Wildman–Crippen MR) is 58.2 cm³/mol. The summed E-state index contributed by atoms with van der Waals surface area (Å²) in [4.78, 5) is 0. The van der Waals surface area contributed by atoms with E-state index in [-0.39, 0.29) is 13.2 Å². The van der Waals surface area contributed by atoms with E-state index >= 15 is 0 Å². The van der Waals surface area contributed by atoms with Gasteiger partial charge in [0.2, 0.25) is 0 Å². The summed E-state index contributed by atoms with van der Waals surface area (Å²) in [6.07, 6.45) is 9.00. The third-order valence-electron chi connectivity index (χ3n) is 1.60. The van der Waals surface area contributed by atoms with Gasteiger partial charge in [0.25, 0.3) is 0 Å². The molecule has 1 rings (SSSR count). The van der Waals surface area contributed by atoms with Crippen LogP contribution in [-0.4, -0.2) is 47.9 Å². The fraction of sp³-hybridized carbons (Fsp3) is 1.00. The molecule has 0 bridgehead atoms. The molecule has 0 aromatic heterocycles. The van der Waals surface area contributed by atoms with E-state index in [9.17, 15) is 0 Å². The van der Waals surface area contributed by atoms with Gasteiger partial charge in [-0.1, -0.05) is 38.5 Å². The topological polar surface area (TPSA) is 80.9 Å². The maximum atomic E-state index is 7.62. The van der Waals surface area contributed by atoms with Crippen LogP contribution in [0.25, 0.3) is 0 Å². The van der Waals surface area contributed by atoms with Crippen molar-refractivity contribution in [2.24, 2.45) is 0 Å². The van der Waals surface area contributed by atoms with Crippen LogP contribution in [0.15, 0.2) is 0 Å². The average molecular weight is 210 g/mol. The fourth-order valence-corrected chi connectivity index (χ4v) is 1.06. The first-order valence-corrected chi connectivity index (χ1v) is 5.03. The Kier molecular flexibility index (Phi) is 40.6. The van der Waals surface area contributed by atoms with Gasteiger partial charge in [0.05, 0.1) is 13.2 Å². The molecule has 4 heteroatoms. The molecule has 0 aromatic carbocycles. The van der Waals surface area contributed by atoms with Crippen LogP contribution in [0.4, 0.5) is 0 Å². The van der Waals surface area contributed by atoms with E-state index in [1.807, 2.05) is 0 Å². The van der Waals surface area contributed by atoms with Gasteiger partial charge in [0.1, 0.15) is 0 Å². The van der Waals surface area contributed by atoms with E-state index in [4.69, 9.17) is 20.4 Å². The molecule has 0 aromatic rings. The zero-order chi connectivity index (χ0) is 11.7. The van der Waals surface area contributed by atoms with Gasteiger partial charge in [-0.25, -0.2) is 0 Å². The molecule has 0 amide bonds. The third-order valence-corrected chi connectivity index (χ3v) is 1.60. The molecule has 1 fully saturated rings. The van der Waals surface area contributed by atoms with E-state index in [0.717, 1.165) is 14.2 Å². The van der Waals surface area contributed by atoms with Crippen LogP contribution in [0.5, 0.6) is 0 Å². The number of hydrogen-bond donors (Lipinski definition) is 4. The highest BCUT2D eigenvalue weighted by molar-refractivity contribution is 4.51. The van der Waals surface area contributed by atoms with Crippen molar-refractivity contribution in [2.45, 2.75) is 38.5 Å². The second-order valence-corrected chi connectivity index (χ2v) is 2.57. The normalized spacial score (nSPS) is 13.3. The van der Waals surface area contributed by atoms with Gasteiger partial charge in [0, 0.05) is 14.2 Å². The van der Waals surface area contributed by atoms with Gasteiger partial charge in [-0.05, 0) is 0 Å². The minimum absolute atomic E-state index is 0.125. The fourth-order valence-electron chi connectivity index (χ4n) is 1.06. The van der Waals surface area contributed by atoms with Crippen LogP contribution in [0.2, 0.25) is 0 Å². The van der Waals surface area contributed by atoms with Gasteiger partial charge in [-0.15, -0.1) is 0 Å². The lowest BCUT2D eigenvalue weighted by atomic mass is 10.0. The van der Waals surface area contributed by atoms with Crippen LogP contribution < -0.4 is 0 Å². The summed E-state index contributed by atoms with van der Waals surface area (Å²) in [6.45, 7) is -0.250. The van der Waals surface area contributed by atoms with Crippen molar-refractivity contribution in [3.05, 3.63) is 0 Å². The SMILES string of the molecule is C1CCCCC1.CO.CO.OCCO. The first-order chi connectivity index (χ1) is 6.91. The molecule has 90 valence electrons. The minimum Gasteiger partial charge on any atom is -0.400 e. The Bertz CT molecular complexity index is 42.6. The smallest absolute Gasteiger partial charge is 0.0662 e. The Labute approximate surface area is 87.2 Å². The Balaban J connectivity index is -0.000000134. The lowest BCUT2D eigenvalue weighted by Crippen LogP contribution is -1.85. The summed E-state index contributed by atoms with van der Waals surface area (Å²) in [5.74, 6) is 0. The molecule has 1 saturated carbocycles. The largest absolute Gasteiger partial charge is 0.400 e. The van der Waals surface area contributed by atoms with E-state index in [0.29, 0.717) is 0 Å². The number of hydrogen-bond acceptors (Lipinski definition) is 4. The van der Waals surface area contributed by atoms with E-state index < -0.39 is 0 Å². The van der Waals surface area contributed by atoms with Crippen molar-refractivity contribution >= 4 is 0 Å². The molecule has 4 nitrogen and oxygen atoms in total. The first-order valence-electron chi connectivity index (χ1n) is 5.03. The zero-order valence-corrected chi connectivity index (χ0v) is 9.45. The molecule has 0 saturated heterocycles. The maximum absolute atomic E-state index is 7.62. The van der Waals surface area contributed by atoms with E-state index in [1.165, 1.54) is 38.5 Å². The Hall–Kier alpha value is -0.160. The first kappa shape index (κ1) is 19.4. The van der Waals surface area contributed by atoms with E-state index in [2.05, 4.69) is 0 Å². The molecule has 0 unspecified atom stereocenters. The van der Waals surface area contributed by atoms with Gasteiger partial charge in [0.15, 0.2) is 0 Å². The second kappa shape index (κ2) is 29.3. The van der Waals surface area contributed by atoms with Gasteiger partial charge >= 0.3 is 0 Å². The molecule has 14 heavy (non-hydrogen) atoms. The lowest BCUT2D eigenvalue weighted by molar-refractivity contribution is 0.186. The van der Waals surface area contributed by atoms with Crippen molar-refractivity contribution < 1.29 is 20.4 Å². The quantitative estimate of drug-likeness (QED) is 0.509. The highest BCUT2D eigenvalue weighted by Gasteiger charge is 1.95. The molecule has 0 radical (unpaired) electrons. The minimum atomic E-state index is -0.125. The van der Waals surface area contributed by atoms with Crippen LogP contribution in [0.1, 0.15) is 38.5 Å². The van der Waals surface area contributed by atoms with Crippen LogP contribution in [0.3, 0.4) is 0 Å². The number of rotatable bonds is 1. The van der Waals surface area contributed by atoms with Crippen molar-refractivity contribution in [3.8, 4) is 0 Å². The Morgan fingerprint density at radius 1 is 0.571 bits per heavy atom. The molecule has 1 aliphatic rings. The van der Waals surface area contributed by atoms with Crippen molar-refractivity contribution in [1.82, 2.24) is 0 Å². The van der Waals surface area contributed by atoms with Crippen LogP contribution in [0, 0.1) is 0 Å². The summed E-state index contributed by atoms with van der Waals surface area (Å²) in [5.41, 5.74) is 0. The monoisotopic (exact) mass is 210 g/mol. The zero-order valence-electron chi connectivity index (χ0n) is 9.45. The van der Waals surface area contributed by atoms with Crippen molar-refractivity contribution in [2.75, 3.05) is 27.4 Å². The van der Waals surface area contributed by atoms with Crippen LogP contribution in [-0.2, 0) is 0 Å². The molecule has 0 atom stereocenters. The summed E-state index contributed by atoms with van der Waals surface area (Å²) >= 11 is 0. The number of aliphatic hydroxyl groups is 4. The summed E-state index contributed by atoms with van der Waals surface area (Å²) in [6, 6.07) is 0. The van der Waals surface area contributed by atoms with Crippen molar-refractivity contribution in [1.29, 1.82) is 0 Å². The third kappa shape index (κ3) is 29.7. The van der Waals surface area contributed by atoms with E-state index in [1.54, 1.807) is 0 Å². The van der Waals surface area contributed by atoms with Gasteiger partial charge in [-0.2, -0.15) is 0 Å². The number of aliphatic hydroxyl groups excluding tert-OH is 4. The van der Waals surface area contributed by atoms with Crippen LogP contribution >= 0.6 is 0 Å². The average Bonchev–Trinajstić information content (AvgIpc) is 2.36. The molecule has 0 aliphatic heterocycles. The van der Waals surface area contributed by atoms with Gasteiger partial charge in [-0.3, -0.25) is 0 Å². The molecule has 0 spiro atoms. The highest BCUT2D eigenvalue weighted by atomic mass is 16.3. The predicted octanol–water partition coefficient (Wildman–Crippen LogP) is 0.529. The molecule has 4 N–H and O–H groups in total. The molecule has 0 heterocycles. The molecule has 1 aliphatic carbocycles. The second-order valence-electron chi connectivity index (χ2n) is 2.57. The lowest BCUT2D eigenvalue weighted by Gasteiger charge is -2.05. The summed E-state index contributed by atoms with van der Waals surface area (Å²) in [7, 11) is 2.00.